The zero-order valence-electron chi connectivity index (χ0n) is 6.77. The second kappa shape index (κ2) is 6.92. The largest absolute Gasteiger partial charge is 0.344 e. The van der Waals surface area contributed by atoms with E-state index in [1.807, 2.05) is 30.3 Å². The van der Waals surface area contributed by atoms with E-state index in [-0.39, 0.29) is 14.8 Å². The smallest absolute Gasteiger partial charge is 0.327 e. The van der Waals surface area contributed by atoms with Crippen molar-refractivity contribution in [2.45, 2.75) is 6.42 Å². The van der Waals surface area contributed by atoms with Crippen LogP contribution in [0.15, 0.2) is 30.3 Å². The molecule has 66 valence electrons. The Morgan fingerprint density at radius 1 is 1.25 bits per heavy atom. The first-order chi connectivity index (χ1) is 5.43. The van der Waals surface area contributed by atoms with Crippen LogP contribution in [0.4, 0.5) is 0 Å². The fourth-order valence-electron chi connectivity index (χ4n) is 0.845. The maximum atomic E-state index is 9.87. The van der Waals surface area contributed by atoms with Gasteiger partial charge in [-0.1, -0.05) is 30.3 Å². The van der Waals surface area contributed by atoms with Gasteiger partial charge in [-0.25, -0.2) is 4.57 Å². The van der Waals surface area contributed by atoms with Crippen molar-refractivity contribution in [3.05, 3.63) is 35.9 Å². The minimum Gasteiger partial charge on any atom is -0.344 e. The Morgan fingerprint density at radius 2 is 1.92 bits per heavy atom. The van der Waals surface area contributed by atoms with Gasteiger partial charge in [0.25, 0.3) is 0 Å². The summed E-state index contributed by atoms with van der Waals surface area (Å²) in [6.07, 6.45) is 0.816. The summed E-state index contributed by atoms with van der Waals surface area (Å²) in [4.78, 5) is 0. The number of benzene rings is 1. The second-order valence-corrected chi connectivity index (χ2v) is 2.55. The highest BCUT2D eigenvalue weighted by atomic mass is 31.1. The molecule has 0 saturated carbocycles. The van der Waals surface area contributed by atoms with Gasteiger partial charge in [-0.2, -0.15) is 0 Å². The van der Waals surface area contributed by atoms with Crippen molar-refractivity contribution in [1.82, 2.24) is 6.15 Å². The lowest BCUT2D eigenvalue weighted by Crippen LogP contribution is -1.90. The zero-order chi connectivity index (χ0) is 7.94. The van der Waals surface area contributed by atoms with Gasteiger partial charge in [0, 0.05) is 0 Å². The summed E-state index contributed by atoms with van der Waals surface area (Å²) in [5.74, 6) is 0. The first kappa shape index (κ1) is 11.2. The molecule has 4 heteroatoms. The van der Waals surface area contributed by atoms with Gasteiger partial charge >= 0.3 is 8.69 Å². The predicted molar refractivity (Wildman–Crippen MR) is 48.7 cm³/mol. The van der Waals surface area contributed by atoms with Crippen molar-refractivity contribution in [3.8, 4) is 0 Å². The van der Waals surface area contributed by atoms with Crippen molar-refractivity contribution >= 4 is 8.69 Å². The minimum atomic E-state index is -0.235. The third-order valence-corrected chi connectivity index (χ3v) is 1.67. The van der Waals surface area contributed by atoms with E-state index in [1.165, 1.54) is 5.56 Å². The molecule has 0 saturated heterocycles. The SMILES string of the molecule is N.O=POCCc1ccccc1. The molecule has 1 rings (SSSR count). The van der Waals surface area contributed by atoms with Crippen LogP contribution in [0.2, 0.25) is 0 Å². The van der Waals surface area contributed by atoms with E-state index < -0.39 is 0 Å². The maximum absolute atomic E-state index is 9.87. The summed E-state index contributed by atoms with van der Waals surface area (Å²) in [6.45, 7) is 0.509. The van der Waals surface area contributed by atoms with E-state index in [4.69, 9.17) is 0 Å². The Bertz CT molecular complexity index is 216. The van der Waals surface area contributed by atoms with Crippen molar-refractivity contribution in [2.75, 3.05) is 6.61 Å². The molecule has 0 amide bonds. The molecule has 0 aromatic heterocycles. The van der Waals surface area contributed by atoms with Gasteiger partial charge in [-0.05, 0) is 12.0 Å². The third kappa shape index (κ3) is 4.19. The number of rotatable bonds is 4. The summed E-state index contributed by atoms with van der Waals surface area (Å²) in [7, 11) is -0.235. The molecule has 0 aliphatic rings. The van der Waals surface area contributed by atoms with Gasteiger partial charge in [0.05, 0.1) is 6.61 Å². The molecule has 0 fully saturated rings. The van der Waals surface area contributed by atoms with Crippen LogP contribution in [0.25, 0.3) is 0 Å². The summed E-state index contributed by atoms with van der Waals surface area (Å²) in [5, 5.41) is 0. The highest BCUT2D eigenvalue weighted by molar-refractivity contribution is 7.17. The van der Waals surface area contributed by atoms with Crippen molar-refractivity contribution in [2.24, 2.45) is 0 Å². The Labute approximate surface area is 73.6 Å². The molecular formula is C8H12NO2P. The average Bonchev–Trinajstić information content (AvgIpc) is 2.07. The van der Waals surface area contributed by atoms with Gasteiger partial charge in [-0.15, -0.1) is 0 Å². The predicted octanol–water partition coefficient (Wildman–Crippen LogP) is 2.61. The Kier molecular flexibility index (Phi) is 6.48. The van der Waals surface area contributed by atoms with Crippen molar-refractivity contribution in [3.63, 3.8) is 0 Å². The fourth-order valence-corrected chi connectivity index (χ4v) is 1.01. The van der Waals surface area contributed by atoms with E-state index in [2.05, 4.69) is 4.52 Å². The van der Waals surface area contributed by atoms with Crippen LogP contribution in [0.3, 0.4) is 0 Å². The van der Waals surface area contributed by atoms with Gasteiger partial charge in [0.1, 0.15) is 0 Å². The van der Waals surface area contributed by atoms with E-state index >= 15 is 0 Å². The molecule has 3 N–H and O–H groups in total. The molecule has 0 atom stereocenters. The summed E-state index contributed by atoms with van der Waals surface area (Å²) < 4.78 is 14.5. The van der Waals surface area contributed by atoms with Crippen LogP contribution in [0, 0.1) is 0 Å². The third-order valence-electron chi connectivity index (χ3n) is 1.38. The maximum Gasteiger partial charge on any atom is 0.327 e. The van der Waals surface area contributed by atoms with E-state index in [0.717, 1.165) is 6.42 Å². The van der Waals surface area contributed by atoms with Gasteiger partial charge in [0.15, 0.2) is 0 Å². The summed E-state index contributed by atoms with van der Waals surface area (Å²) in [5.41, 5.74) is 1.20. The summed E-state index contributed by atoms with van der Waals surface area (Å²) >= 11 is 0. The fraction of sp³-hybridized carbons (Fsp3) is 0.250. The van der Waals surface area contributed by atoms with Crippen molar-refractivity contribution in [1.29, 1.82) is 0 Å². The molecule has 1 aromatic rings. The normalized spacial score (nSPS) is 9.33. The lowest BCUT2D eigenvalue weighted by atomic mass is 10.2. The van der Waals surface area contributed by atoms with Crippen LogP contribution < -0.4 is 6.15 Å². The lowest BCUT2D eigenvalue weighted by molar-refractivity contribution is 0.347. The molecule has 0 heterocycles. The quantitative estimate of drug-likeness (QED) is 0.579. The molecule has 3 nitrogen and oxygen atoms in total. The Morgan fingerprint density at radius 3 is 2.50 bits per heavy atom. The Balaban J connectivity index is 0.00000121. The molecule has 1 aromatic carbocycles. The van der Waals surface area contributed by atoms with Gasteiger partial charge < -0.3 is 6.15 Å². The van der Waals surface area contributed by atoms with Crippen LogP contribution >= 0.6 is 8.69 Å². The average molecular weight is 185 g/mol. The van der Waals surface area contributed by atoms with Crippen LogP contribution in [-0.4, -0.2) is 6.61 Å². The molecule has 0 unspecified atom stereocenters. The number of hydrogen-bond acceptors (Lipinski definition) is 3. The van der Waals surface area contributed by atoms with E-state index in [0.29, 0.717) is 6.61 Å². The summed E-state index contributed by atoms with van der Waals surface area (Å²) in [6, 6.07) is 9.96. The topological polar surface area (TPSA) is 61.3 Å². The molecule has 12 heavy (non-hydrogen) atoms. The number of hydrogen-bond donors (Lipinski definition) is 1. The second-order valence-electron chi connectivity index (χ2n) is 2.14. The first-order valence-corrected chi connectivity index (χ1v) is 4.15. The van der Waals surface area contributed by atoms with E-state index in [9.17, 15) is 4.57 Å². The Hall–Kier alpha value is -0.760. The van der Waals surface area contributed by atoms with Gasteiger partial charge in [0.2, 0.25) is 0 Å². The molecule has 0 spiro atoms. The molecule has 0 aliphatic carbocycles. The first-order valence-electron chi connectivity index (χ1n) is 3.42. The monoisotopic (exact) mass is 185 g/mol. The highest BCUT2D eigenvalue weighted by Gasteiger charge is 1.89. The molecule has 0 bridgehead atoms. The van der Waals surface area contributed by atoms with Crippen molar-refractivity contribution < 1.29 is 9.09 Å². The standard InChI is InChI=1S/C8H9O2P.H3N/c9-11-10-7-6-8-4-2-1-3-5-8;/h1-5H,6-7H2;1H3. The molecule has 0 aliphatic heterocycles. The molecule has 0 radical (unpaired) electrons. The van der Waals surface area contributed by atoms with Gasteiger partial charge in [-0.3, -0.25) is 4.52 Å². The lowest BCUT2D eigenvalue weighted by Gasteiger charge is -1.96. The van der Waals surface area contributed by atoms with E-state index in [1.54, 1.807) is 0 Å². The zero-order valence-corrected chi connectivity index (χ0v) is 7.67. The highest BCUT2D eigenvalue weighted by Crippen LogP contribution is 2.02. The van der Waals surface area contributed by atoms with Crippen LogP contribution in [0.5, 0.6) is 0 Å². The van der Waals surface area contributed by atoms with Crippen LogP contribution in [-0.2, 0) is 15.5 Å². The van der Waals surface area contributed by atoms with Crippen LogP contribution in [0.1, 0.15) is 5.56 Å². The molecular weight excluding hydrogens is 173 g/mol. The minimum absolute atomic E-state index is 0.